The van der Waals surface area contributed by atoms with E-state index in [1.165, 1.54) is 17.5 Å². The number of hydrogen-bond donors (Lipinski definition) is 0. The Kier molecular flexibility index (Phi) is 5.24. The lowest BCUT2D eigenvalue weighted by Crippen LogP contribution is -2.18. The quantitative estimate of drug-likeness (QED) is 0.445. The molecule has 1 aliphatic rings. The van der Waals surface area contributed by atoms with E-state index in [-0.39, 0.29) is 0 Å². The van der Waals surface area contributed by atoms with E-state index in [0.717, 1.165) is 48.0 Å². The van der Waals surface area contributed by atoms with Gasteiger partial charge < -0.3 is 4.57 Å². The van der Waals surface area contributed by atoms with E-state index >= 15 is 0 Å². The lowest BCUT2D eigenvalue weighted by atomic mass is 9.92. The Morgan fingerprint density at radius 2 is 1.94 bits per heavy atom. The fourth-order valence-corrected chi connectivity index (χ4v) is 4.41. The van der Waals surface area contributed by atoms with Gasteiger partial charge in [-0.25, -0.2) is 14.6 Å². The van der Waals surface area contributed by atoms with Gasteiger partial charge in [0.15, 0.2) is 5.82 Å². The third-order valence-electron chi connectivity index (χ3n) is 5.96. The van der Waals surface area contributed by atoms with E-state index in [2.05, 4.69) is 75.8 Å². The van der Waals surface area contributed by atoms with Crippen molar-refractivity contribution in [3.05, 3.63) is 95.1 Å². The Balaban J connectivity index is 1.34. The first-order valence-electron chi connectivity index (χ1n) is 10.9. The van der Waals surface area contributed by atoms with Crippen molar-refractivity contribution in [3.8, 4) is 5.69 Å². The number of rotatable bonds is 5. The van der Waals surface area contributed by atoms with Gasteiger partial charge in [0.1, 0.15) is 5.82 Å². The fraction of sp³-hybridized carbons (Fsp3) is 0.269. The minimum atomic E-state index is 0.436. The number of aryl methyl sites for hydroxylation is 3. The van der Waals surface area contributed by atoms with Crippen molar-refractivity contribution < 1.29 is 0 Å². The topological polar surface area (TPSA) is 48.5 Å². The van der Waals surface area contributed by atoms with Crippen LogP contribution in [0.2, 0.25) is 0 Å². The number of nitrogens with zero attached hydrogens (tertiary/aromatic N) is 5. The summed E-state index contributed by atoms with van der Waals surface area (Å²) in [6.07, 6.45) is 11.4. The second-order valence-corrected chi connectivity index (χ2v) is 8.38. The van der Waals surface area contributed by atoms with Crippen molar-refractivity contribution in [2.45, 2.75) is 45.6 Å². The van der Waals surface area contributed by atoms with Gasteiger partial charge >= 0.3 is 0 Å². The summed E-state index contributed by atoms with van der Waals surface area (Å²) in [5, 5.41) is 4.75. The van der Waals surface area contributed by atoms with Crippen LogP contribution in [0.3, 0.4) is 0 Å². The highest BCUT2D eigenvalue weighted by atomic mass is 15.4. The molecule has 0 fully saturated rings. The van der Waals surface area contributed by atoms with Crippen molar-refractivity contribution in [1.29, 1.82) is 0 Å². The van der Waals surface area contributed by atoms with Crippen LogP contribution in [0, 0.1) is 13.8 Å². The number of imidazole rings is 1. The predicted molar refractivity (Wildman–Crippen MR) is 124 cm³/mol. The summed E-state index contributed by atoms with van der Waals surface area (Å²) < 4.78 is 4.17. The summed E-state index contributed by atoms with van der Waals surface area (Å²) in [7, 11) is 0. The van der Waals surface area contributed by atoms with Crippen LogP contribution in [-0.2, 0) is 13.0 Å². The van der Waals surface area contributed by atoms with Crippen molar-refractivity contribution in [2.75, 3.05) is 0 Å². The van der Waals surface area contributed by atoms with Crippen LogP contribution in [0.5, 0.6) is 0 Å². The van der Waals surface area contributed by atoms with Crippen LogP contribution in [0.4, 0.5) is 0 Å². The van der Waals surface area contributed by atoms with E-state index in [1.54, 1.807) is 0 Å². The number of hydrogen-bond acceptors (Lipinski definition) is 3. The molecule has 5 heteroatoms. The van der Waals surface area contributed by atoms with Crippen LogP contribution in [0.15, 0.2) is 61.1 Å². The zero-order valence-electron chi connectivity index (χ0n) is 18.1. The summed E-state index contributed by atoms with van der Waals surface area (Å²) in [6, 6.07) is 17.1. The molecule has 0 N–H and O–H groups in total. The minimum absolute atomic E-state index is 0.436. The van der Waals surface area contributed by atoms with Crippen LogP contribution in [0.1, 0.15) is 52.8 Å². The van der Waals surface area contributed by atoms with Gasteiger partial charge in [0.2, 0.25) is 0 Å². The van der Waals surface area contributed by atoms with Crippen molar-refractivity contribution in [3.63, 3.8) is 0 Å². The van der Waals surface area contributed by atoms with Crippen LogP contribution in [0.25, 0.3) is 17.8 Å². The molecule has 4 aromatic rings. The summed E-state index contributed by atoms with van der Waals surface area (Å²) in [6.45, 7) is 5.09. The molecule has 0 saturated heterocycles. The summed E-state index contributed by atoms with van der Waals surface area (Å²) >= 11 is 0. The minimum Gasteiger partial charge on any atom is -0.306 e. The molecule has 1 atom stereocenters. The smallest absolute Gasteiger partial charge is 0.174 e. The SMILES string of the molecule is Cc1cn(-c2ccc(/C=C/c3nc4n(n3)CCC[C@H]4Cc3ccccc3)cc2C)cn1. The first-order chi connectivity index (χ1) is 15.2. The van der Waals surface area contributed by atoms with Crippen LogP contribution < -0.4 is 0 Å². The Bertz CT molecular complexity index is 1220. The molecule has 2 aromatic carbocycles. The fourth-order valence-electron chi connectivity index (χ4n) is 4.41. The maximum absolute atomic E-state index is 4.89. The van der Waals surface area contributed by atoms with Crippen molar-refractivity contribution in [2.24, 2.45) is 0 Å². The molecule has 1 aliphatic heterocycles. The molecule has 0 saturated carbocycles. The zero-order chi connectivity index (χ0) is 21.2. The number of aromatic nitrogens is 5. The van der Waals surface area contributed by atoms with Crippen LogP contribution >= 0.6 is 0 Å². The van der Waals surface area contributed by atoms with Gasteiger partial charge in [-0.1, -0.05) is 42.5 Å². The van der Waals surface area contributed by atoms with Gasteiger partial charge in [0.05, 0.1) is 12.0 Å². The molecule has 3 heterocycles. The maximum atomic E-state index is 4.89. The molecule has 0 spiro atoms. The Labute approximate surface area is 183 Å². The lowest BCUT2D eigenvalue weighted by Gasteiger charge is -2.22. The molecule has 0 radical (unpaired) electrons. The molecule has 5 nitrogen and oxygen atoms in total. The molecule has 156 valence electrons. The first-order valence-corrected chi connectivity index (χ1v) is 10.9. The predicted octanol–water partition coefficient (Wildman–Crippen LogP) is 5.37. The molecule has 31 heavy (non-hydrogen) atoms. The van der Waals surface area contributed by atoms with E-state index < -0.39 is 0 Å². The second kappa shape index (κ2) is 8.34. The highest BCUT2D eigenvalue weighted by Crippen LogP contribution is 2.29. The van der Waals surface area contributed by atoms with E-state index in [0.29, 0.717) is 5.92 Å². The molecule has 5 rings (SSSR count). The zero-order valence-corrected chi connectivity index (χ0v) is 18.1. The average molecular weight is 410 g/mol. The molecule has 0 amide bonds. The molecule has 0 unspecified atom stereocenters. The molecular weight excluding hydrogens is 382 g/mol. The molecular formula is C26H27N5. The molecule has 0 aliphatic carbocycles. The number of benzene rings is 2. The lowest BCUT2D eigenvalue weighted by molar-refractivity contribution is 0.413. The van der Waals surface area contributed by atoms with Crippen LogP contribution in [-0.4, -0.2) is 24.3 Å². The van der Waals surface area contributed by atoms with E-state index in [1.807, 2.05) is 25.5 Å². The Hall–Kier alpha value is -3.47. The monoisotopic (exact) mass is 409 g/mol. The molecule has 2 aromatic heterocycles. The van der Waals surface area contributed by atoms with E-state index in [9.17, 15) is 0 Å². The highest BCUT2D eigenvalue weighted by molar-refractivity contribution is 5.68. The van der Waals surface area contributed by atoms with Gasteiger partial charge in [0, 0.05) is 24.3 Å². The van der Waals surface area contributed by atoms with Gasteiger partial charge in [0.25, 0.3) is 0 Å². The Morgan fingerprint density at radius 3 is 2.71 bits per heavy atom. The third kappa shape index (κ3) is 4.22. The Morgan fingerprint density at radius 1 is 1.06 bits per heavy atom. The largest absolute Gasteiger partial charge is 0.306 e. The van der Waals surface area contributed by atoms with Gasteiger partial charge in [-0.2, -0.15) is 5.10 Å². The standard InChI is InChI=1S/C26H27N5/c1-19-15-22(10-12-24(19)30-17-20(2)27-18-30)11-13-25-28-26-23(9-6-14-31(26)29-25)16-21-7-4-3-5-8-21/h3-5,7-8,10-13,15,17-18,23H,6,9,14,16H2,1-2H3/b13-11+/t23-/m0/s1. The normalized spacial score (nSPS) is 16.0. The summed E-state index contributed by atoms with van der Waals surface area (Å²) in [5.41, 5.74) is 5.89. The van der Waals surface area contributed by atoms with Gasteiger partial charge in [-0.15, -0.1) is 0 Å². The average Bonchev–Trinajstić information content (AvgIpc) is 3.40. The van der Waals surface area contributed by atoms with Gasteiger partial charge in [-0.05, 0) is 68.0 Å². The number of fused-ring (bicyclic) bond motifs is 1. The molecule has 0 bridgehead atoms. The second-order valence-electron chi connectivity index (χ2n) is 8.38. The summed E-state index contributed by atoms with van der Waals surface area (Å²) in [5.74, 6) is 2.35. The van der Waals surface area contributed by atoms with Gasteiger partial charge in [-0.3, -0.25) is 0 Å². The van der Waals surface area contributed by atoms with Crippen molar-refractivity contribution >= 4 is 12.2 Å². The highest BCUT2D eigenvalue weighted by Gasteiger charge is 2.24. The van der Waals surface area contributed by atoms with Crippen molar-refractivity contribution in [1.82, 2.24) is 24.3 Å². The van der Waals surface area contributed by atoms with E-state index in [4.69, 9.17) is 10.1 Å². The summed E-state index contributed by atoms with van der Waals surface area (Å²) in [4.78, 5) is 9.21. The third-order valence-corrected chi connectivity index (χ3v) is 5.96. The first kappa shape index (κ1) is 19.5. The maximum Gasteiger partial charge on any atom is 0.174 e.